The summed E-state index contributed by atoms with van der Waals surface area (Å²) in [5.41, 5.74) is 2.32. The number of benzene rings is 2. The van der Waals surface area contributed by atoms with Gasteiger partial charge in [0, 0.05) is 19.1 Å². The van der Waals surface area contributed by atoms with Crippen molar-refractivity contribution < 1.29 is 14.6 Å². The Morgan fingerprint density at radius 1 is 1.28 bits per heavy atom. The lowest BCUT2D eigenvalue weighted by atomic mass is 10.0. The van der Waals surface area contributed by atoms with Gasteiger partial charge in [0.25, 0.3) is 5.91 Å². The van der Waals surface area contributed by atoms with Gasteiger partial charge in [0.2, 0.25) is 0 Å². The third kappa shape index (κ3) is 3.87. The molecule has 0 saturated carbocycles. The van der Waals surface area contributed by atoms with Crippen LogP contribution in [-0.4, -0.2) is 37.3 Å². The standard InChI is InChI=1S/C20H24N2O3/c1-14-9-10-18(23)16(12-14)20(24)21-15-6-5-11-22(13-15)17-7-3-4-8-19(17)25-2/h3-4,7-10,12,15,23H,5-6,11,13H2,1-2H3,(H,21,24). The van der Waals surface area contributed by atoms with E-state index in [2.05, 4.69) is 10.2 Å². The summed E-state index contributed by atoms with van der Waals surface area (Å²) in [7, 11) is 1.67. The molecule has 2 N–H and O–H groups in total. The lowest BCUT2D eigenvalue weighted by Crippen LogP contribution is -2.48. The molecule has 1 amide bonds. The fraction of sp³-hybridized carbons (Fsp3) is 0.350. The summed E-state index contributed by atoms with van der Waals surface area (Å²) in [6.07, 6.45) is 1.91. The van der Waals surface area contributed by atoms with Crippen LogP contribution in [0.4, 0.5) is 5.69 Å². The zero-order valence-corrected chi connectivity index (χ0v) is 14.7. The predicted octanol–water partition coefficient (Wildman–Crippen LogP) is 3.11. The monoisotopic (exact) mass is 340 g/mol. The number of nitrogens with zero attached hydrogens (tertiary/aromatic N) is 1. The van der Waals surface area contributed by atoms with E-state index in [1.807, 2.05) is 31.2 Å². The largest absolute Gasteiger partial charge is 0.507 e. The number of piperidine rings is 1. The smallest absolute Gasteiger partial charge is 0.255 e. The zero-order chi connectivity index (χ0) is 17.8. The number of phenolic OH excluding ortho intramolecular Hbond substituents is 1. The first-order chi connectivity index (χ1) is 12.1. The molecule has 1 unspecified atom stereocenters. The van der Waals surface area contributed by atoms with Crippen LogP contribution in [0.5, 0.6) is 11.5 Å². The van der Waals surface area contributed by atoms with Crippen LogP contribution in [0.3, 0.4) is 0 Å². The van der Waals surface area contributed by atoms with Crippen LogP contribution in [0.15, 0.2) is 42.5 Å². The van der Waals surface area contributed by atoms with Gasteiger partial charge in [-0.25, -0.2) is 0 Å². The Bertz CT molecular complexity index is 760. The second-order valence-electron chi connectivity index (χ2n) is 6.45. The number of aryl methyl sites for hydroxylation is 1. The summed E-state index contributed by atoms with van der Waals surface area (Å²) in [4.78, 5) is 14.8. The number of methoxy groups -OCH3 is 1. The Morgan fingerprint density at radius 3 is 2.88 bits per heavy atom. The third-order valence-electron chi connectivity index (χ3n) is 4.58. The summed E-state index contributed by atoms with van der Waals surface area (Å²) in [5, 5.41) is 13.0. The third-order valence-corrected chi connectivity index (χ3v) is 4.58. The average Bonchev–Trinajstić information content (AvgIpc) is 2.63. The Labute approximate surface area is 148 Å². The van der Waals surface area contributed by atoms with E-state index in [1.165, 1.54) is 0 Å². The first-order valence-corrected chi connectivity index (χ1v) is 8.57. The Hall–Kier alpha value is -2.69. The van der Waals surface area contributed by atoms with E-state index < -0.39 is 0 Å². The molecule has 132 valence electrons. The number of aromatic hydroxyl groups is 1. The minimum atomic E-state index is -0.229. The quantitative estimate of drug-likeness (QED) is 0.898. The van der Waals surface area contributed by atoms with Crippen LogP contribution >= 0.6 is 0 Å². The Balaban J connectivity index is 1.71. The molecule has 0 radical (unpaired) electrons. The van der Waals surface area contributed by atoms with Crippen LogP contribution in [0.2, 0.25) is 0 Å². The van der Waals surface area contributed by atoms with Crippen LogP contribution in [0, 0.1) is 6.92 Å². The van der Waals surface area contributed by atoms with Gasteiger partial charge in [-0.2, -0.15) is 0 Å². The molecule has 1 aliphatic heterocycles. The molecule has 1 atom stereocenters. The van der Waals surface area contributed by atoms with Gasteiger partial charge in [-0.15, -0.1) is 0 Å². The number of anilines is 1. The molecule has 5 nitrogen and oxygen atoms in total. The number of carbonyl (C=O) groups excluding carboxylic acids is 1. The number of hydrogen-bond donors (Lipinski definition) is 2. The van der Waals surface area contributed by atoms with Gasteiger partial charge >= 0.3 is 0 Å². The van der Waals surface area contributed by atoms with Crippen LogP contribution in [0.1, 0.15) is 28.8 Å². The molecule has 0 bridgehead atoms. The topological polar surface area (TPSA) is 61.8 Å². The van der Waals surface area contributed by atoms with Gasteiger partial charge in [-0.05, 0) is 44.0 Å². The van der Waals surface area contributed by atoms with Crippen LogP contribution in [0.25, 0.3) is 0 Å². The fourth-order valence-corrected chi connectivity index (χ4v) is 3.30. The molecule has 2 aromatic rings. The molecule has 1 heterocycles. The molecule has 2 aromatic carbocycles. The minimum absolute atomic E-state index is 0.0143. The van der Waals surface area contributed by atoms with Crippen molar-refractivity contribution in [2.45, 2.75) is 25.8 Å². The second-order valence-corrected chi connectivity index (χ2v) is 6.45. The maximum absolute atomic E-state index is 12.5. The summed E-state index contributed by atoms with van der Waals surface area (Å²) in [6, 6.07) is 13.0. The number of nitrogens with one attached hydrogen (secondary N) is 1. The van der Waals surface area contributed by atoms with E-state index in [1.54, 1.807) is 25.3 Å². The maximum atomic E-state index is 12.5. The highest BCUT2D eigenvalue weighted by molar-refractivity contribution is 5.97. The molecule has 1 aliphatic rings. The average molecular weight is 340 g/mol. The summed E-state index contributed by atoms with van der Waals surface area (Å²) >= 11 is 0. The number of para-hydroxylation sites is 2. The van der Waals surface area contributed by atoms with E-state index in [0.717, 1.165) is 42.9 Å². The van der Waals surface area contributed by atoms with Gasteiger partial charge in [0.15, 0.2) is 0 Å². The fourth-order valence-electron chi connectivity index (χ4n) is 3.30. The second kappa shape index (κ2) is 7.47. The highest BCUT2D eigenvalue weighted by atomic mass is 16.5. The number of ether oxygens (including phenoxy) is 1. The minimum Gasteiger partial charge on any atom is -0.507 e. The van der Waals surface area contributed by atoms with Crippen molar-refractivity contribution in [1.29, 1.82) is 0 Å². The van der Waals surface area contributed by atoms with Gasteiger partial charge in [-0.1, -0.05) is 23.8 Å². The van der Waals surface area contributed by atoms with E-state index in [0.29, 0.717) is 5.56 Å². The van der Waals surface area contributed by atoms with Gasteiger partial charge in [0.05, 0.1) is 18.4 Å². The number of amides is 1. The van der Waals surface area contributed by atoms with Crippen LogP contribution < -0.4 is 15.0 Å². The molecule has 5 heteroatoms. The van der Waals surface area contributed by atoms with E-state index >= 15 is 0 Å². The molecule has 1 fully saturated rings. The Morgan fingerprint density at radius 2 is 2.08 bits per heavy atom. The van der Waals surface area contributed by atoms with Gasteiger partial charge in [0.1, 0.15) is 11.5 Å². The molecule has 0 spiro atoms. The van der Waals surface area contributed by atoms with Crippen molar-refractivity contribution in [1.82, 2.24) is 5.32 Å². The maximum Gasteiger partial charge on any atom is 0.255 e. The van der Waals surface area contributed by atoms with E-state index in [9.17, 15) is 9.90 Å². The molecule has 3 rings (SSSR count). The lowest BCUT2D eigenvalue weighted by molar-refractivity contribution is 0.0930. The molecular formula is C20H24N2O3. The zero-order valence-electron chi connectivity index (χ0n) is 14.7. The van der Waals surface area contributed by atoms with Gasteiger partial charge < -0.3 is 20.1 Å². The Kier molecular flexibility index (Phi) is 5.12. The van der Waals surface area contributed by atoms with Crippen LogP contribution in [-0.2, 0) is 0 Å². The SMILES string of the molecule is COc1ccccc1N1CCCC(NC(=O)c2cc(C)ccc2O)C1. The van der Waals surface area contributed by atoms with Crippen molar-refractivity contribution >= 4 is 11.6 Å². The number of rotatable bonds is 4. The highest BCUT2D eigenvalue weighted by Gasteiger charge is 2.24. The van der Waals surface area contributed by atoms with Gasteiger partial charge in [-0.3, -0.25) is 4.79 Å². The molecular weight excluding hydrogens is 316 g/mol. The molecule has 0 aromatic heterocycles. The summed E-state index contributed by atoms with van der Waals surface area (Å²) in [5.74, 6) is 0.624. The van der Waals surface area contributed by atoms with Crippen molar-refractivity contribution in [3.8, 4) is 11.5 Å². The first-order valence-electron chi connectivity index (χ1n) is 8.57. The van der Waals surface area contributed by atoms with E-state index in [4.69, 9.17) is 4.74 Å². The highest BCUT2D eigenvalue weighted by Crippen LogP contribution is 2.30. The number of phenols is 1. The molecule has 1 saturated heterocycles. The molecule has 25 heavy (non-hydrogen) atoms. The number of carbonyl (C=O) groups is 1. The lowest BCUT2D eigenvalue weighted by Gasteiger charge is -2.35. The van der Waals surface area contributed by atoms with Crippen molar-refractivity contribution in [3.63, 3.8) is 0 Å². The predicted molar refractivity (Wildman–Crippen MR) is 98.5 cm³/mol. The molecule has 0 aliphatic carbocycles. The summed E-state index contributed by atoms with van der Waals surface area (Å²) in [6.45, 7) is 3.56. The van der Waals surface area contributed by atoms with Crippen molar-refractivity contribution in [2.75, 3.05) is 25.1 Å². The normalized spacial score (nSPS) is 17.2. The van der Waals surface area contributed by atoms with Crippen molar-refractivity contribution in [3.05, 3.63) is 53.6 Å². The summed E-state index contributed by atoms with van der Waals surface area (Å²) < 4.78 is 5.45. The number of hydrogen-bond acceptors (Lipinski definition) is 4. The van der Waals surface area contributed by atoms with Crippen molar-refractivity contribution in [2.24, 2.45) is 0 Å². The van der Waals surface area contributed by atoms with E-state index in [-0.39, 0.29) is 17.7 Å². The first kappa shape index (κ1) is 17.1.